The number of amides is 1. The van der Waals surface area contributed by atoms with Crippen LogP contribution in [0.3, 0.4) is 0 Å². The van der Waals surface area contributed by atoms with E-state index in [0.717, 1.165) is 29.5 Å². The summed E-state index contributed by atoms with van der Waals surface area (Å²) in [5.74, 6) is 0.254. The molecule has 0 aliphatic rings. The number of methoxy groups -OCH3 is 1. The predicted octanol–water partition coefficient (Wildman–Crippen LogP) is 3.85. The number of alkyl halides is 1. The average Bonchev–Trinajstić information content (AvgIpc) is 2.57. The molecule has 0 spiro atoms. The van der Waals surface area contributed by atoms with Crippen molar-refractivity contribution in [2.75, 3.05) is 19.0 Å². The van der Waals surface area contributed by atoms with Gasteiger partial charge < -0.3 is 19.5 Å². The number of alkyl carbamates (subject to hydrolysis) is 1. The van der Waals surface area contributed by atoms with Gasteiger partial charge in [0.15, 0.2) is 0 Å². The molecule has 0 aromatic heterocycles. The first-order valence-corrected chi connectivity index (χ1v) is 9.72. The monoisotopic (exact) mass is 429 g/mol. The van der Waals surface area contributed by atoms with Crippen molar-refractivity contribution in [3.8, 4) is 5.75 Å². The Bertz CT molecular complexity index is 568. The number of ether oxygens (including phenoxy) is 3. The molecule has 0 saturated heterocycles. The van der Waals surface area contributed by atoms with Crippen LogP contribution in [0.5, 0.6) is 5.75 Å². The second-order valence-corrected chi connectivity index (χ2v) is 7.61. The van der Waals surface area contributed by atoms with E-state index in [1.165, 1.54) is 7.11 Å². The number of nitrogens with one attached hydrogen (secondary N) is 1. The molecule has 26 heavy (non-hydrogen) atoms. The summed E-state index contributed by atoms with van der Waals surface area (Å²) in [4.78, 5) is 23.9. The number of benzene rings is 1. The van der Waals surface area contributed by atoms with Gasteiger partial charge in [-0.1, -0.05) is 28.1 Å². The molecule has 1 aromatic rings. The third kappa shape index (κ3) is 9.08. The first-order chi connectivity index (χ1) is 12.2. The molecule has 1 rings (SSSR count). The van der Waals surface area contributed by atoms with Crippen molar-refractivity contribution in [2.45, 2.75) is 51.7 Å². The van der Waals surface area contributed by atoms with E-state index in [2.05, 4.69) is 21.2 Å². The van der Waals surface area contributed by atoms with Gasteiger partial charge in [-0.25, -0.2) is 9.59 Å². The first-order valence-electron chi connectivity index (χ1n) is 8.60. The highest BCUT2D eigenvalue weighted by Gasteiger charge is 2.25. The summed E-state index contributed by atoms with van der Waals surface area (Å²) in [5.41, 5.74) is 0.239. The van der Waals surface area contributed by atoms with Crippen molar-refractivity contribution >= 4 is 28.0 Å². The Balaban J connectivity index is 2.64. The van der Waals surface area contributed by atoms with E-state index in [4.69, 9.17) is 14.2 Å². The topological polar surface area (TPSA) is 73.9 Å². The van der Waals surface area contributed by atoms with E-state index >= 15 is 0 Å². The summed E-state index contributed by atoms with van der Waals surface area (Å²) in [6.07, 6.45) is 1.70. The third-order valence-electron chi connectivity index (χ3n) is 3.34. The van der Waals surface area contributed by atoms with Crippen LogP contribution in [0.15, 0.2) is 24.3 Å². The lowest BCUT2D eigenvalue weighted by Gasteiger charge is -2.22. The SMILES string of the molecule is COC(=O)[C@H](Cc1ccc(OCCCCBr)cc1)NC(=O)OC(C)(C)C. The van der Waals surface area contributed by atoms with Crippen molar-refractivity contribution in [1.82, 2.24) is 5.32 Å². The number of carbonyl (C=O) groups is 2. The number of rotatable bonds is 9. The Morgan fingerprint density at radius 1 is 1.15 bits per heavy atom. The maximum absolute atomic E-state index is 12.0. The fourth-order valence-electron chi connectivity index (χ4n) is 2.13. The highest BCUT2D eigenvalue weighted by atomic mass is 79.9. The van der Waals surface area contributed by atoms with Crippen LogP contribution in [0.4, 0.5) is 4.79 Å². The van der Waals surface area contributed by atoms with E-state index in [-0.39, 0.29) is 0 Å². The number of unbranched alkanes of at least 4 members (excludes halogenated alkanes) is 1. The zero-order valence-corrected chi connectivity index (χ0v) is 17.4. The molecular formula is C19H28BrNO5. The molecule has 0 fully saturated rings. The highest BCUT2D eigenvalue weighted by molar-refractivity contribution is 9.09. The van der Waals surface area contributed by atoms with Crippen LogP contribution in [0, 0.1) is 0 Å². The fourth-order valence-corrected chi connectivity index (χ4v) is 2.53. The number of esters is 1. The van der Waals surface area contributed by atoms with E-state index in [1.807, 2.05) is 24.3 Å². The van der Waals surface area contributed by atoms with Crippen LogP contribution in [0.2, 0.25) is 0 Å². The lowest BCUT2D eigenvalue weighted by molar-refractivity contribution is -0.143. The molecule has 0 aliphatic heterocycles. The molecular weight excluding hydrogens is 402 g/mol. The van der Waals surface area contributed by atoms with E-state index in [0.29, 0.717) is 13.0 Å². The molecule has 0 radical (unpaired) electrons. The molecule has 0 saturated carbocycles. The molecule has 0 aliphatic carbocycles. The van der Waals surface area contributed by atoms with Gasteiger partial charge in [-0.2, -0.15) is 0 Å². The Morgan fingerprint density at radius 2 is 1.81 bits per heavy atom. The molecule has 0 bridgehead atoms. The average molecular weight is 430 g/mol. The van der Waals surface area contributed by atoms with Crippen LogP contribution in [0.25, 0.3) is 0 Å². The van der Waals surface area contributed by atoms with Gasteiger partial charge in [0.1, 0.15) is 17.4 Å². The van der Waals surface area contributed by atoms with Crippen molar-refractivity contribution in [3.63, 3.8) is 0 Å². The lowest BCUT2D eigenvalue weighted by Crippen LogP contribution is -2.45. The lowest BCUT2D eigenvalue weighted by atomic mass is 10.1. The molecule has 1 atom stereocenters. The zero-order valence-electron chi connectivity index (χ0n) is 15.8. The van der Waals surface area contributed by atoms with E-state index < -0.39 is 23.7 Å². The van der Waals surface area contributed by atoms with E-state index in [1.54, 1.807) is 20.8 Å². The highest BCUT2D eigenvalue weighted by Crippen LogP contribution is 2.15. The third-order valence-corrected chi connectivity index (χ3v) is 3.90. The summed E-state index contributed by atoms with van der Waals surface area (Å²) < 4.78 is 15.6. The maximum atomic E-state index is 12.0. The van der Waals surface area contributed by atoms with Gasteiger partial charge in [-0.05, 0) is 51.3 Å². The van der Waals surface area contributed by atoms with Gasteiger partial charge in [0.25, 0.3) is 0 Å². The minimum absolute atomic E-state index is 0.301. The van der Waals surface area contributed by atoms with Gasteiger partial charge in [0, 0.05) is 11.8 Å². The van der Waals surface area contributed by atoms with Crippen LogP contribution < -0.4 is 10.1 Å². The van der Waals surface area contributed by atoms with Gasteiger partial charge in [-0.15, -0.1) is 0 Å². The van der Waals surface area contributed by atoms with Crippen LogP contribution in [0.1, 0.15) is 39.2 Å². The van der Waals surface area contributed by atoms with Gasteiger partial charge in [0.2, 0.25) is 0 Å². The van der Waals surface area contributed by atoms with E-state index in [9.17, 15) is 9.59 Å². The molecule has 1 aromatic carbocycles. The quantitative estimate of drug-likeness (QED) is 0.366. The van der Waals surface area contributed by atoms with Gasteiger partial charge in [-0.3, -0.25) is 0 Å². The van der Waals surface area contributed by atoms with Crippen molar-refractivity contribution in [3.05, 3.63) is 29.8 Å². The minimum Gasteiger partial charge on any atom is -0.494 e. The summed E-state index contributed by atoms with van der Waals surface area (Å²) in [5, 5.41) is 3.53. The normalized spacial score (nSPS) is 12.2. The smallest absolute Gasteiger partial charge is 0.408 e. The standard InChI is InChI=1S/C19H28BrNO5/c1-19(2,3)26-18(23)21-16(17(22)24-4)13-14-7-9-15(10-8-14)25-12-6-5-11-20/h7-10,16H,5-6,11-13H2,1-4H3,(H,21,23)/t16-/m0/s1. The Hall–Kier alpha value is -1.76. The molecule has 146 valence electrons. The zero-order chi connectivity index (χ0) is 19.6. The predicted molar refractivity (Wildman–Crippen MR) is 104 cm³/mol. The summed E-state index contributed by atoms with van der Waals surface area (Å²) in [6.45, 7) is 5.94. The number of hydrogen-bond acceptors (Lipinski definition) is 5. The minimum atomic E-state index is -0.819. The van der Waals surface area contributed by atoms with Gasteiger partial charge >= 0.3 is 12.1 Å². The molecule has 1 amide bonds. The van der Waals surface area contributed by atoms with Crippen molar-refractivity contribution < 1.29 is 23.8 Å². The maximum Gasteiger partial charge on any atom is 0.408 e. The Morgan fingerprint density at radius 3 is 2.35 bits per heavy atom. The summed E-state index contributed by atoms with van der Waals surface area (Å²) in [7, 11) is 1.29. The van der Waals surface area contributed by atoms with Crippen molar-refractivity contribution in [1.29, 1.82) is 0 Å². The Labute approximate surface area is 163 Å². The number of halogens is 1. The second-order valence-electron chi connectivity index (χ2n) is 6.81. The van der Waals surface area contributed by atoms with Crippen LogP contribution >= 0.6 is 15.9 Å². The molecule has 1 N–H and O–H groups in total. The van der Waals surface area contributed by atoms with Gasteiger partial charge in [0.05, 0.1) is 13.7 Å². The molecule has 0 unspecified atom stereocenters. The largest absolute Gasteiger partial charge is 0.494 e. The molecule has 7 heteroatoms. The summed E-state index contributed by atoms with van der Waals surface area (Å²) in [6, 6.07) is 6.62. The van der Waals surface area contributed by atoms with Crippen molar-refractivity contribution in [2.24, 2.45) is 0 Å². The second kappa shape index (κ2) is 11.1. The number of hydrogen-bond donors (Lipinski definition) is 1. The van der Waals surface area contributed by atoms with Crippen LogP contribution in [-0.4, -0.2) is 42.8 Å². The Kier molecular flexibility index (Phi) is 9.48. The first kappa shape index (κ1) is 22.3. The number of carbonyl (C=O) groups excluding carboxylic acids is 2. The van der Waals surface area contributed by atoms with Crippen LogP contribution in [-0.2, 0) is 20.7 Å². The fraction of sp³-hybridized carbons (Fsp3) is 0.579. The molecule has 0 heterocycles. The molecule has 6 nitrogen and oxygen atoms in total. The summed E-state index contributed by atoms with van der Waals surface area (Å²) >= 11 is 3.39.